The lowest BCUT2D eigenvalue weighted by Crippen LogP contribution is -2.03. The highest BCUT2D eigenvalue weighted by Gasteiger charge is 2.30. The third kappa shape index (κ3) is 2.18. The van der Waals surface area contributed by atoms with Crippen LogP contribution in [0.25, 0.3) is 10.1 Å². The summed E-state index contributed by atoms with van der Waals surface area (Å²) >= 11 is 1.58. The van der Waals surface area contributed by atoms with E-state index in [2.05, 4.69) is 13.8 Å². The van der Waals surface area contributed by atoms with Crippen LogP contribution >= 0.6 is 11.3 Å². The van der Waals surface area contributed by atoms with E-state index in [9.17, 15) is 13.2 Å². The van der Waals surface area contributed by atoms with Gasteiger partial charge >= 0.3 is 6.18 Å². The van der Waals surface area contributed by atoms with Crippen molar-refractivity contribution < 1.29 is 13.2 Å². The minimum absolute atomic E-state index is 0.349. The summed E-state index contributed by atoms with van der Waals surface area (Å²) in [5.41, 5.74) is 0.410. The van der Waals surface area contributed by atoms with Crippen molar-refractivity contribution in [1.82, 2.24) is 0 Å². The van der Waals surface area contributed by atoms with Gasteiger partial charge in [0.15, 0.2) is 0 Å². The smallest absolute Gasteiger partial charge is 0.166 e. The summed E-state index contributed by atoms with van der Waals surface area (Å²) in [5.74, 6) is 0.349. The molecule has 0 nitrogen and oxygen atoms in total. The quantitative estimate of drug-likeness (QED) is 0.646. The molecular formula is C13H13F3S. The molecule has 2 aromatic rings. The Hall–Kier alpha value is -1.03. The fourth-order valence-electron chi connectivity index (χ4n) is 1.97. The Kier molecular flexibility index (Phi) is 2.94. The van der Waals surface area contributed by atoms with Gasteiger partial charge in [0.05, 0.1) is 5.56 Å². The number of hydrogen-bond acceptors (Lipinski definition) is 1. The summed E-state index contributed by atoms with van der Waals surface area (Å²) in [5, 5.41) is 0.730. The average Bonchev–Trinajstić information content (AvgIpc) is 2.54. The minimum Gasteiger partial charge on any atom is -0.166 e. The topological polar surface area (TPSA) is 0 Å². The van der Waals surface area contributed by atoms with Crippen LogP contribution in [0.2, 0.25) is 0 Å². The molecule has 0 aliphatic carbocycles. The number of benzene rings is 1. The van der Waals surface area contributed by atoms with E-state index in [4.69, 9.17) is 0 Å². The second kappa shape index (κ2) is 4.02. The Balaban J connectivity index is 2.66. The van der Waals surface area contributed by atoms with Gasteiger partial charge in [-0.25, -0.2) is 0 Å². The predicted octanol–water partition coefficient (Wildman–Crippen LogP) is 5.35. The molecule has 0 aliphatic rings. The van der Waals surface area contributed by atoms with Crippen molar-refractivity contribution in [3.8, 4) is 0 Å². The lowest BCUT2D eigenvalue weighted by atomic mass is 10.0. The Morgan fingerprint density at radius 3 is 2.35 bits per heavy atom. The lowest BCUT2D eigenvalue weighted by Gasteiger charge is -2.06. The van der Waals surface area contributed by atoms with Gasteiger partial charge in [-0.05, 0) is 42.0 Å². The SMILES string of the molecule is Cc1c(C(C)C)sc2ccc(C(F)(F)F)cc12. The number of halogens is 3. The minimum atomic E-state index is -4.26. The zero-order valence-corrected chi connectivity index (χ0v) is 10.7. The van der Waals surface area contributed by atoms with Crippen molar-refractivity contribution in [2.24, 2.45) is 0 Å². The maximum absolute atomic E-state index is 12.6. The molecule has 0 N–H and O–H groups in total. The van der Waals surface area contributed by atoms with Crippen LogP contribution in [0.5, 0.6) is 0 Å². The molecule has 17 heavy (non-hydrogen) atoms. The monoisotopic (exact) mass is 258 g/mol. The second-order valence-corrected chi connectivity index (χ2v) is 5.54. The molecule has 1 aromatic heterocycles. The van der Waals surface area contributed by atoms with Gasteiger partial charge in [0.2, 0.25) is 0 Å². The van der Waals surface area contributed by atoms with E-state index in [-0.39, 0.29) is 0 Å². The molecule has 0 fully saturated rings. The second-order valence-electron chi connectivity index (χ2n) is 4.45. The van der Waals surface area contributed by atoms with Crippen LogP contribution in [0.4, 0.5) is 13.2 Å². The van der Waals surface area contributed by atoms with Crippen LogP contribution in [0.3, 0.4) is 0 Å². The molecule has 0 radical (unpaired) electrons. The van der Waals surface area contributed by atoms with Crippen LogP contribution in [-0.4, -0.2) is 0 Å². The molecule has 2 rings (SSSR count). The van der Waals surface area contributed by atoms with E-state index in [1.807, 2.05) is 6.92 Å². The first-order valence-corrected chi connectivity index (χ1v) is 6.22. The number of rotatable bonds is 1. The van der Waals surface area contributed by atoms with E-state index >= 15 is 0 Å². The Bertz CT molecular complexity index is 550. The van der Waals surface area contributed by atoms with Crippen LogP contribution in [0, 0.1) is 6.92 Å². The summed E-state index contributed by atoms with van der Waals surface area (Å²) in [6.45, 7) is 6.01. The summed E-state index contributed by atoms with van der Waals surface area (Å²) in [4.78, 5) is 1.17. The van der Waals surface area contributed by atoms with E-state index in [0.717, 1.165) is 21.7 Å². The van der Waals surface area contributed by atoms with Crippen LogP contribution in [-0.2, 0) is 6.18 Å². The van der Waals surface area contributed by atoms with Gasteiger partial charge in [-0.15, -0.1) is 11.3 Å². The molecule has 1 heterocycles. The van der Waals surface area contributed by atoms with Crippen molar-refractivity contribution >= 4 is 21.4 Å². The molecule has 1 aromatic carbocycles. The predicted molar refractivity (Wildman–Crippen MR) is 65.7 cm³/mol. The van der Waals surface area contributed by atoms with Crippen molar-refractivity contribution in [2.75, 3.05) is 0 Å². The first-order valence-electron chi connectivity index (χ1n) is 5.41. The maximum atomic E-state index is 12.6. The normalized spacial score (nSPS) is 12.6. The van der Waals surface area contributed by atoms with Gasteiger partial charge in [0.25, 0.3) is 0 Å². The Morgan fingerprint density at radius 1 is 1.18 bits per heavy atom. The largest absolute Gasteiger partial charge is 0.416 e. The average molecular weight is 258 g/mol. The third-order valence-electron chi connectivity index (χ3n) is 2.82. The maximum Gasteiger partial charge on any atom is 0.416 e. The van der Waals surface area contributed by atoms with Crippen molar-refractivity contribution in [2.45, 2.75) is 32.9 Å². The first-order chi connectivity index (χ1) is 7.80. The van der Waals surface area contributed by atoms with Crippen molar-refractivity contribution in [3.63, 3.8) is 0 Å². The van der Waals surface area contributed by atoms with Gasteiger partial charge in [0.1, 0.15) is 0 Å². The zero-order chi connectivity index (χ0) is 12.8. The molecule has 0 saturated carbocycles. The summed E-state index contributed by atoms with van der Waals surface area (Å²) in [6, 6.07) is 3.98. The molecule has 0 saturated heterocycles. The highest BCUT2D eigenvalue weighted by atomic mass is 32.1. The van der Waals surface area contributed by atoms with Crippen LogP contribution < -0.4 is 0 Å². The van der Waals surface area contributed by atoms with E-state index in [0.29, 0.717) is 5.92 Å². The summed E-state index contributed by atoms with van der Waals surface area (Å²) in [7, 11) is 0. The third-order valence-corrected chi connectivity index (χ3v) is 4.40. The fraction of sp³-hybridized carbons (Fsp3) is 0.385. The van der Waals surface area contributed by atoms with E-state index in [1.165, 1.54) is 10.9 Å². The highest BCUT2D eigenvalue weighted by Crippen LogP contribution is 2.38. The number of alkyl halides is 3. The molecule has 0 bridgehead atoms. The summed E-state index contributed by atoms with van der Waals surface area (Å²) < 4.78 is 38.8. The number of thiophene rings is 1. The summed E-state index contributed by atoms with van der Waals surface area (Å²) in [6.07, 6.45) is -4.26. The molecule has 0 amide bonds. The first kappa shape index (κ1) is 12.4. The molecule has 0 spiro atoms. The van der Waals surface area contributed by atoms with Gasteiger partial charge < -0.3 is 0 Å². The van der Waals surface area contributed by atoms with Gasteiger partial charge in [-0.2, -0.15) is 13.2 Å². The van der Waals surface area contributed by atoms with Crippen LogP contribution in [0.15, 0.2) is 18.2 Å². The highest BCUT2D eigenvalue weighted by molar-refractivity contribution is 7.19. The molecule has 4 heteroatoms. The van der Waals surface area contributed by atoms with Crippen LogP contribution in [0.1, 0.15) is 35.8 Å². The fourth-order valence-corrected chi connectivity index (χ4v) is 3.16. The van der Waals surface area contributed by atoms with E-state index in [1.54, 1.807) is 17.4 Å². The standard InChI is InChI=1S/C13H13F3S/c1-7(2)12-8(3)10-6-9(13(14,15)16)4-5-11(10)17-12/h4-7H,1-3H3. The van der Waals surface area contributed by atoms with Crippen molar-refractivity contribution in [3.05, 3.63) is 34.2 Å². The Labute approximate surface area is 102 Å². The molecule has 0 unspecified atom stereocenters. The molecule has 0 aliphatic heterocycles. The number of fused-ring (bicyclic) bond motifs is 1. The van der Waals surface area contributed by atoms with Gasteiger partial charge in [0, 0.05) is 9.58 Å². The lowest BCUT2D eigenvalue weighted by molar-refractivity contribution is -0.137. The molecule has 92 valence electrons. The van der Waals surface area contributed by atoms with Crippen molar-refractivity contribution in [1.29, 1.82) is 0 Å². The number of aryl methyl sites for hydroxylation is 1. The number of hydrogen-bond donors (Lipinski definition) is 0. The molecular weight excluding hydrogens is 245 g/mol. The van der Waals surface area contributed by atoms with E-state index < -0.39 is 11.7 Å². The van der Waals surface area contributed by atoms with Gasteiger partial charge in [-0.3, -0.25) is 0 Å². The Morgan fingerprint density at radius 2 is 1.82 bits per heavy atom. The zero-order valence-electron chi connectivity index (χ0n) is 9.85. The molecule has 0 atom stereocenters. The van der Waals surface area contributed by atoms with Gasteiger partial charge in [-0.1, -0.05) is 13.8 Å².